The maximum Gasteiger partial charge on any atom is 0.354 e. The highest BCUT2D eigenvalue weighted by Crippen LogP contribution is 2.08. The molecule has 0 aliphatic rings. The standard InChI is InChI=1S/C7H5NO4.C6H8N2.H2O/c9-6(10)4-2-1-3-5(8-4)7(11)12;7-5-3-1-2-4-6(5)8;/h1-3H,(H,9,10)(H,11,12);1-4H,7-8H2;1H2. The number of carbonyl (C=O) groups excluding carboxylic acids is 1. The van der Waals surface area contributed by atoms with Crippen LogP contribution < -0.4 is 16.6 Å². The second-order valence-corrected chi connectivity index (χ2v) is 3.70. The average molecular weight is 293 g/mol. The van der Waals surface area contributed by atoms with Gasteiger partial charge in [0.05, 0.1) is 17.4 Å². The van der Waals surface area contributed by atoms with Crippen molar-refractivity contribution in [3.8, 4) is 0 Å². The summed E-state index contributed by atoms with van der Waals surface area (Å²) >= 11 is 0. The Balaban J connectivity index is 0.000000390. The number of rotatable bonds is 2. The van der Waals surface area contributed by atoms with Crippen molar-refractivity contribution in [2.45, 2.75) is 0 Å². The van der Waals surface area contributed by atoms with Crippen LogP contribution in [0, 0.1) is 0 Å². The Labute approximate surface area is 120 Å². The van der Waals surface area contributed by atoms with Gasteiger partial charge in [-0.1, -0.05) is 18.2 Å². The average Bonchev–Trinajstić information content (AvgIpc) is 2.43. The normalized spacial score (nSPS) is 8.81. The summed E-state index contributed by atoms with van der Waals surface area (Å²) in [5, 5.41) is 18.6. The van der Waals surface area contributed by atoms with E-state index in [4.69, 9.17) is 10.8 Å². The molecule has 2 rings (SSSR count). The predicted octanol–water partition coefficient (Wildman–Crippen LogP) is -1.54. The minimum absolute atomic E-state index is 0. The molecule has 0 amide bonds. The lowest BCUT2D eigenvalue weighted by molar-refractivity contribution is -0.255. The van der Waals surface area contributed by atoms with Crippen LogP contribution in [0.2, 0.25) is 0 Å². The van der Waals surface area contributed by atoms with Crippen LogP contribution in [0.1, 0.15) is 21.0 Å². The van der Waals surface area contributed by atoms with Gasteiger partial charge in [0.2, 0.25) is 0 Å². The van der Waals surface area contributed by atoms with Crippen molar-refractivity contribution in [1.29, 1.82) is 0 Å². The minimum Gasteiger partial charge on any atom is -0.543 e. The number of aromatic nitrogens is 1. The molecular formula is C13H15N3O5. The number of benzene rings is 1. The zero-order valence-corrected chi connectivity index (χ0v) is 10.9. The van der Waals surface area contributed by atoms with Crippen LogP contribution in [-0.2, 0) is 0 Å². The Hall–Kier alpha value is -2.97. The molecule has 0 unspecified atom stereocenters. The van der Waals surface area contributed by atoms with Gasteiger partial charge in [-0.15, -0.1) is 0 Å². The molecule has 0 spiro atoms. The maximum atomic E-state index is 10.3. The number of nitrogens with zero attached hydrogens (tertiary/aromatic N) is 1. The molecule has 0 saturated carbocycles. The lowest BCUT2D eigenvalue weighted by Crippen LogP contribution is -2.40. The fourth-order valence-electron chi connectivity index (χ4n) is 1.20. The van der Waals surface area contributed by atoms with Crippen molar-refractivity contribution < 1.29 is 31.0 Å². The fraction of sp³-hybridized carbons (Fsp3) is 0. The second kappa shape index (κ2) is 8.25. The van der Waals surface area contributed by atoms with Crippen molar-refractivity contribution in [3.05, 3.63) is 53.9 Å². The topological polar surface area (TPSA) is 175 Å². The molecule has 0 fully saturated rings. The zero-order valence-electron chi connectivity index (χ0n) is 10.9. The Morgan fingerprint density at radius 3 is 2.10 bits per heavy atom. The molecule has 0 atom stereocenters. The molecule has 8 N–H and O–H groups in total. The van der Waals surface area contributed by atoms with Crippen molar-refractivity contribution in [2.24, 2.45) is 0 Å². The van der Waals surface area contributed by atoms with Gasteiger partial charge in [-0.3, -0.25) is 0 Å². The molecule has 0 bridgehead atoms. The van der Waals surface area contributed by atoms with Gasteiger partial charge in [-0.05, 0) is 18.2 Å². The number of hydrogen-bond acceptors (Lipinski definition) is 5. The van der Waals surface area contributed by atoms with Gasteiger partial charge in [0.15, 0.2) is 5.69 Å². The summed E-state index contributed by atoms with van der Waals surface area (Å²) in [7, 11) is 0. The molecule has 1 heterocycles. The van der Waals surface area contributed by atoms with E-state index >= 15 is 0 Å². The number of carbonyl (C=O) groups is 2. The SMILES string of the molecule is Nc1ccccc1[NH3+].O.O=C([O-])c1cccc(C(=O)O)n1. The van der Waals surface area contributed by atoms with Gasteiger partial charge in [0.1, 0.15) is 5.69 Å². The summed E-state index contributed by atoms with van der Waals surface area (Å²) in [6.45, 7) is 0. The first kappa shape index (κ1) is 18.0. The third kappa shape index (κ3) is 5.68. The number of anilines is 1. The Kier molecular flexibility index (Phi) is 7.08. The molecule has 1 aromatic carbocycles. The summed E-state index contributed by atoms with van der Waals surface area (Å²) in [5.74, 6) is -2.75. The van der Waals surface area contributed by atoms with Crippen LogP contribution in [0.4, 0.5) is 11.4 Å². The number of pyridine rings is 1. The molecule has 8 nitrogen and oxygen atoms in total. The van der Waals surface area contributed by atoms with E-state index in [1.807, 2.05) is 24.3 Å². The first-order valence-electron chi connectivity index (χ1n) is 5.50. The van der Waals surface area contributed by atoms with Crippen molar-refractivity contribution in [1.82, 2.24) is 4.98 Å². The molecule has 1 aromatic heterocycles. The fourth-order valence-corrected chi connectivity index (χ4v) is 1.20. The number of hydrogen-bond donors (Lipinski definition) is 3. The highest BCUT2D eigenvalue weighted by Gasteiger charge is 2.04. The van der Waals surface area contributed by atoms with Gasteiger partial charge in [0.25, 0.3) is 0 Å². The molecule has 2 aromatic rings. The molecular weight excluding hydrogens is 278 g/mol. The number of quaternary nitrogens is 1. The third-order valence-electron chi connectivity index (χ3n) is 2.23. The van der Waals surface area contributed by atoms with E-state index in [0.29, 0.717) is 0 Å². The predicted molar refractivity (Wildman–Crippen MR) is 72.5 cm³/mol. The number of nitrogens with two attached hydrogens (primary N) is 1. The van der Waals surface area contributed by atoms with Gasteiger partial charge in [-0.25, -0.2) is 9.78 Å². The molecule has 112 valence electrons. The van der Waals surface area contributed by atoms with Crippen LogP contribution in [0.15, 0.2) is 42.5 Å². The van der Waals surface area contributed by atoms with Crippen LogP contribution in [0.5, 0.6) is 0 Å². The number of nitrogen functional groups attached to an aromatic ring is 1. The lowest BCUT2D eigenvalue weighted by Gasteiger charge is -2.00. The summed E-state index contributed by atoms with van der Waals surface area (Å²) in [6.07, 6.45) is 0. The largest absolute Gasteiger partial charge is 0.543 e. The third-order valence-corrected chi connectivity index (χ3v) is 2.23. The lowest BCUT2D eigenvalue weighted by atomic mass is 10.3. The van der Waals surface area contributed by atoms with Crippen molar-refractivity contribution in [2.75, 3.05) is 5.73 Å². The number of carboxylic acids is 2. The smallest absolute Gasteiger partial charge is 0.354 e. The molecule has 21 heavy (non-hydrogen) atoms. The van der Waals surface area contributed by atoms with E-state index in [-0.39, 0.29) is 16.9 Å². The first-order chi connectivity index (χ1) is 9.41. The number of aromatic carboxylic acids is 2. The zero-order chi connectivity index (χ0) is 15.1. The molecule has 0 saturated heterocycles. The van der Waals surface area contributed by atoms with Gasteiger partial charge >= 0.3 is 5.97 Å². The minimum atomic E-state index is -1.49. The van der Waals surface area contributed by atoms with Gasteiger partial charge in [0, 0.05) is 6.07 Å². The summed E-state index contributed by atoms with van der Waals surface area (Å²) < 4.78 is 0. The number of carboxylic acid groups (broad SMARTS) is 2. The quantitative estimate of drug-likeness (QED) is 0.565. The van der Waals surface area contributed by atoms with Gasteiger partial charge < -0.3 is 32.0 Å². The van der Waals surface area contributed by atoms with Crippen LogP contribution in [0.25, 0.3) is 0 Å². The monoisotopic (exact) mass is 293 g/mol. The van der Waals surface area contributed by atoms with E-state index in [0.717, 1.165) is 11.4 Å². The van der Waals surface area contributed by atoms with Crippen LogP contribution in [-0.4, -0.2) is 27.5 Å². The van der Waals surface area contributed by atoms with Gasteiger partial charge in [-0.2, -0.15) is 0 Å². The van der Waals surface area contributed by atoms with E-state index in [1.165, 1.54) is 18.2 Å². The van der Waals surface area contributed by atoms with Crippen molar-refractivity contribution >= 4 is 23.3 Å². The van der Waals surface area contributed by atoms with Crippen LogP contribution in [0.3, 0.4) is 0 Å². The molecule has 0 aliphatic heterocycles. The van der Waals surface area contributed by atoms with E-state index < -0.39 is 11.9 Å². The number of para-hydroxylation sites is 1. The summed E-state index contributed by atoms with van der Waals surface area (Å²) in [6, 6.07) is 11.2. The van der Waals surface area contributed by atoms with Crippen LogP contribution >= 0.6 is 0 Å². The summed E-state index contributed by atoms with van der Waals surface area (Å²) in [4.78, 5) is 23.8. The molecule has 0 radical (unpaired) electrons. The van der Waals surface area contributed by atoms with E-state index in [9.17, 15) is 14.7 Å². The highest BCUT2D eigenvalue weighted by molar-refractivity contribution is 5.88. The highest BCUT2D eigenvalue weighted by atomic mass is 16.4. The maximum absolute atomic E-state index is 10.3. The summed E-state index contributed by atoms with van der Waals surface area (Å²) in [5.41, 5.74) is 10.1. The molecule has 8 heteroatoms. The Morgan fingerprint density at radius 1 is 1.10 bits per heavy atom. The Bertz CT molecular complexity index is 580. The van der Waals surface area contributed by atoms with E-state index in [2.05, 4.69) is 10.7 Å². The second-order valence-electron chi connectivity index (χ2n) is 3.70. The van der Waals surface area contributed by atoms with E-state index in [1.54, 1.807) is 0 Å². The van der Waals surface area contributed by atoms with Crippen molar-refractivity contribution in [3.63, 3.8) is 0 Å². The Morgan fingerprint density at radius 2 is 1.67 bits per heavy atom. The molecule has 0 aliphatic carbocycles. The first-order valence-corrected chi connectivity index (χ1v) is 5.50.